The van der Waals surface area contributed by atoms with Crippen LogP contribution in [0.3, 0.4) is 0 Å². The number of hydrogen-bond donors (Lipinski definition) is 0. The predicted molar refractivity (Wildman–Crippen MR) is 239 cm³/mol. The normalized spacial score (nSPS) is 11.5. The largest absolute Gasteiger partial charge is 0.455 e. The van der Waals surface area contributed by atoms with Crippen LogP contribution in [0.4, 0.5) is 17.1 Å². The Hall–Kier alpha value is -7.62. The van der Waals surface area contributed by atoms with E-state index in [4.69, 9.17) is 4.42 Å². The molecule has 0 fully saturated rings. The summed E-state index contributed by atoms with van der Waals surface area (Å²) in [5.74, 6) is 0. The Morgan fingerprint density at radius 3 is 1.60 bits per heavy atom. The van der Waals surface area contributed by atoms with E-state index in [-0.39, 0.29) is 0 Å². The minimum atomic E-state index is 0.862. The lowest BCUT2D eigenvalue weighted by molar-refractivity contribution is 0.670. The van der Waals surface area contributed by atoms with E-state index in [0.717, 1.165) is 66.9 Å². The molecule has 268 valence electrons. The molecule has 2 aromatic heterocycles. The fraction of sp³-hybridized carbons (Fsp3) is 0. The molecule has 0 aliphatic carbocycles. The summed E-state index contributed by atoms with van der Waals surface area (Å²) < 4.78 is 9.25. The van der Waals surface area contributed by atoms with Crippen LogP contribution in [-0.2, 0) is 0 Å². The number of fused-ring (bicyclic) bond motifs is 6. The Balaban J connectivity index is 1.16. The lowest BCUT2D eigenvalue weighted by atomic mass is 9.96. The van der Waals surface area contributed by atoms with Crippen LogP contribution in [0, 0.1) is 0 Å². The van der Waals surface area contributed by atoms with Crippen molar-refractivity contribution in [2.24, 2.45) is 0 Å². The number of furan rings is 1. The third kappa shape index (κ3) is 5.51. The summed E-state index contributed by atoms with van der Waals surface area (Å²) in [6.07, 6.45) is 0. The maximum atomic E-state index is 6.88. The zero-order valence-corrected chi connectivity index (χ0v) is 31.1. The van der Waals surface area contributed by atoms with Crippen LogP contribution < -0.4 is 4.90 Å². The first-order chi connectivity index (χ1) is 28.3. The summed E-state index contributed by atoms with van der Waals surface area (Å²) in [7, 11) is 0. The molecule has 0 spiro atoms. The van der Waals surface area contributed by atoms with Crippen LogP contribution in [0.15, 0.2) is 223 Å². The molecule has 0 aliphatic rings. The average Bonchev–Trinajstić information content (AvgIpc) is 3.84. The van der Waals surface area contributed by atoms with Gasteiger partial charge in [0.05, 0.1) is 22.4 Å². The van der Waals surface area contributed by atoms with Crippen LogP contribution >= 0.6 is 0 Å². The van der Waals surface area contributed by atoms with Gasteiger partial charge < -0.3 is 13.9 Å². The van der Waals surface area contributed by atoms with E-state index in [1.54, 1.807) is 0 Å². The first kappa shape index (κ1) is 32.8. The Labute approximate surface area is 330 Å². The van der Waals surface area contributed by atoms with Gasteiger partial charge in [-0.3, -0.25) is 0 Å². The zero-order valence-electron chi connectivity index (χ0n) is 31.1. The molecule has 0 atom stereocenters. The molecule has 3 nitrogen and oxygen atoms in total. The quantitative estimate of drug-likeness (QED) is 0.163. The lowest BCUT2D eigenvalue weighted by Gasteiger charge is -2.30. The Bertz CT molecular complexity index is 3160. The number of aromatic nitrogens is 1. The van der Waals surface area contributed by atoms with E-state index in [2.05, 4.69) is 222 Å². The second kappa shape index (κ2) is 13.6. The van der Waals surface area contributed by atoms with Gasteiger partial charge in [-0.1, -0.05) is 158 Å². The second-order valence-electron chi connectivity index (χ2n) is 14.5. The van der Waals surface area contributed by atoms with Gasteiger partial charge >= 0.3 is 0 Å². The highest BCUT2D eigenvalue weighted by Crippen LogP contribution is 2.49. The molecule has 2 heterocycles. The number of anilines is 3. The van der Waals surface area contributed by atoms with Crippen molar-refractivity contribution in [1.82, 2.24) is 4.57 Å². The summed E-state index contributed by atoms with van der Waals surface area (Å²) in [5.41, 5.74) is 15.1. The van der Waals surface area contributed by atoms with Crippen molar-refractivity contribution in [1.29, 1.82) is 0 Å². The third-order valence-corrected chi connectivity index (χ3v) is 11.2. The highest BCUT2D eigenvalue weighted by molar-refractivity contribution is 6.14. The molecule has 0 bridgehead atoms. The van der Waals surface area contributed by atoms with Gasteiger partial charge in [-0.2, -0.15) is 0 Å². The molecule has 0 radical (unpaired) electrons. The predicted octanol–water partition coefficient (Wildman–Crippen LogP) is 15.2. The van der Waals surface area contributed by atoms with Crippen molar-refractivity contribution in [2.45, 2.75) is 0 Å². The fourth-order valence-electron chi connectivity index (χ4n) is 8.59. The van der Waals surface area contributed by atoms with Gasteiger partial charge in [-0.25, -0.2) is 0 Å². The van der Waals surface area contributed by atoms with Gasteiger partial charge in [-0.05, 0) is 82.9 Å². The molecule has 11 aromatic rings. The van der Waals surface area contributed by atoms with Gasteiger partial charge in [0, 0.05) is 44.0 Å². The summed E-state index contributed by atoms with van der Waals surface area (Å²) in [4.78, 5) is 2.40. The van der Waals surface area contributed by atoms with Gasteiger partial charge in [-0.15, -0.1) is 0 Å². The van der Waals surface area contributed by atoms with E-state index in [0.29, 0.717) is 0 Å². The monoisotopic (exact) mass is 728 g/mol. The molecule has 11 rings (SSSR count). The summed E-state index contributed by atoms with van der Waals surface area (Å²) in [6, 6.07) is 78.0. The van der Waals surface area contributed by atoms with Crippen molar-refractivity contribution in [2.75, 3.05) is 4.90 Å². The number of nitrogens with zero attached hydrogens (tertiary/aromatic N) is 2. The summed E-state index contributed by atoms with van der Waals surface area (Å²) >= 11 is 0. The van der Waals surface area contributed by atoms with Crippen molar-refractivity contribution in [3.8, 4) is 39.1 Å². The minimum Gasteiger partial charge on any atom is -0.455 e. The molecule has 57 heavy (non-hydrogen) atoms. The van der Waals surface area contributed by atoms with Crippen molar-refractivity contribution in [3.63, 3.8) is 0 Å². The molecule has 0 aliphatic heterocycles. The van der Waals surface area contributed by atoms with Crippen LogP contribution in [-0.4, -0.2) is 4.57 Å². The zero-order chi connectivity index (χ0) is 37.7. The van der Waals surface area contributed by atoms with E-state index in [1.807, 2.05) is 6.07 Å². The first-order valence-electron chi connectivity index (χ1n) is 19.4. The second-order valence-corrected chi connectivity index (χ2v) is 14.5. The molecule has 9 aromatic carbocycles. The van der Waals surface area contributed by atoms with Crippen LogP contribution in [0.2, 0.25) is 0 Å². The van der Waals surface area contributed by atoms with Crippen molar-refractivity contribution < 1.29 is 4.42 Å². The van der Waals surface area contributed by atoms with E-state index >= 15 is 0 Å². The van der Waals surface area contributed by atoms with Crippen LogP contribution in [0.25, 0.3) is 82.8 Å². The molecule has 0 saturated carbocycles. The summed E-state index contributed by atoms with van der Waals surface area (Å²) in [5, 5.41) is 4.69. The lowest BCUT2D eigenvalue weighted by Crippen LogP contribution is -2.12. The highest BCUT2D eigenvalue weighted by Gasteiger charge is 2.25. The SMILES string of the molecule is c1ccc(-c2ccc(N(c3ccccc3-c3ccccc3)c3ccc4c(oc5ccccc54)c3-c3ccc(-n4c5ccccc5c5ccccc54)cc3)cc2)cc1. The van der Waals surface area contributed by atoms with Gasteiger partial charge in [0.1, 0.15) is 11.2 Å². The number of para-hydroxylation sites is 4. The minimum absolute atomic E-state index is 0.862. The van der Waals surface area contributed by atoms with Gasteiger partial charge in [0.25, 0.3) is 0 Å². The molecule has 3 heteroatoms. The Kier molecular flexibility index (Phi) is 7.82. The summed E-state index contributed by atoms with van der Waals surface area (Å²) in [6.45, 7) is 0. The molecule has 0 amide bonds. The van der Waals surface area contributed by atoms with Crippen LogP contribution in [0.1, 0.15) is 0 Å². The fourth-order valence-corrected chi connectivity index (χ4v) is 8.59. The maximum absolute atomic E-state index is 6.88. The first-order valence-corrected chi connectivity index (χ1v) is 19.4. The van der Waals surface area contributed by atoms with Gasteiger partial charge in [0.2, 0.25) is 0 Å². The molecule has 0 saturated heterocycles. The maximum Gasteiger partial charge on any atom is 0.145 e. The number of rotatable bonds is 7. The molecular weight excluding hydrogens is 693 g/mol. The Morgan fingerprint density at radius 1 is 0.351 bits per heavy atom. The molecule has 0 unspecified atom stereocenters. The van der Waals surface area contributed by atoms with Crippen molar-refractivity contribution in [3.05, 3.63) is 218 Å². The standard InChI is InChI=1S/C54H36N2O/c1-3-15-37(16-4-1)38-27-31-42(32-28-38)56(48-23-11-7-19-43(48)39-17-5-2-6-18-39)51-36-35-47-46-22-10-14-26-52(46)57-54(47)53(51)40-29-33-41(34-30-40)55-49-24-12-8-20-44(49)45-21-9-13-25-50(45)55/h1-36H. The molecular formula is C54H36N2O. The topological polar surface area (TPSA) is 21.3 Å². The number of hydrogen-bond acceptors (Lipinski definition) is 2. The highest BCUT2D eigenvalue weighted by atomic mass is 16.3. The van der Waals surface area contributed by atoms with Crippen LogP contribution in [0.5, 0.6) is 0 Å². The van der Waals surface area contributed by atoms with Gasteiger partial charge in [0.15, 0.2) is 0 Å². The smallest absolute Gasteiger partial charge is 0.145 e. The third-order valence-electron chi connectivity index (χ3n) is 11.2. The van der Waals surface area contributed by atoms with E-state index < -0.39 is 0 Å². The van der Waals surface area contributed by atoms with E-state index in [1.165, 1.54) is 32.9 Å². The number of benzene rings is 9. The van der Waals surface area contributed by atoms with E-state index in [9.17, 15) is 0 Å². The molecule has 0 N–H and O–H groups in total. The van der Waals surface area contributed by atoms with Crippen molar-refractivity contribution >= 4 is 60.8 Å². The average molecular weight is 729 g/mol. The Morgan fingerprint density at radius 2 is 0.895 bits per heavy atom.